The van der Waals surface area contributed by atoms with Crippen molar-refractivity contribution in [2.45, 2.75) is 66.8 Å². The summed E-state index contributed by atoms with van der Waals surface area (Å²) >= 11 is 0. The van der Waals surface area contributed by atoms with E-state index in [4.69, 9.17) is 4.74 Å². The molecule has 5 heteroatoms. The maximum atomic E-state index is 13.2. The van der Waals surface area contributed by atoms with Crippen molar-refractivity contribution in [3.8, 4) is 5.75 Å². The van der Waals surface area contributed by atoms with Crippen molar-refractivity contribution in [2.75, 3.05) is 18.6 Å². The van der Waals surface area contributed by atoms with E-state index in [0.29, 0.717) is 12.3 Å². The van der Waals surface area contributed by atoms with Crippen molar-refractivity contribution < 1.29 is 9.53 Å². The predicted octanol–water partition coefficient (Wildman–Crippen LogP) is 4.38. The van der Waals surface area contributed by atoms with Crippen molar-refractivity contribution in [3.63, 3.8) is 0 Å². The van der Waals surface area contributed by atoms with E-state index in [-0.39, 0.29) is 5.91 Å². The molecule has 0 saturated heterocycles. The highest BCUT2D eigenvalue weighted by Gasteiger charge is 2.27. The summed E-state index contributed by atoms with van der Waals surface area (Å²) in [6.45, 7) is 12.3. The lowest BCUT2D eigenvalue weighted by Gasteiger charge is -2.32. The molecule has 3 rings (SSSR count). The number of aromatic nitrogens is 2. The lowest BCUT2D eigenvalue weighted by Crippen LogP contribution is -2.36. The highest BCUT2D eigenvalue weighted by Crippen LogP contribution is 2.38. The molecule has 0 spiro atoms. The van der Waals surface area contributed by atoms with E-state index in [1.165, 1.54) is 22.4 Å². The van der Waals surface area contributed by atoms with Crippen LogP contribution in [0.5, 0.6) is 5.75 Å². The van der Waals surface area contributed by atoms with Gasteiger partial charge in [-0.2, -0.15) is 5.10 Å². The van der Waals surface area contributed by atoms with Crippen molar-refractivity contribution >= 4 is 11.6 Å². The zero-order chi connectivity index (χ0) is 20.4. The number of methoxy groups -OCH3 is 1. The van der Waals surface area contributed by atoms with Gasteiger partial charge in [0.1, 0.15) is 5.75 Å². The summed E-state index contributed by atoms with van der Waals surface area (Å²) in [4.78, 5) is 15.1. The normalized spacial score (nSPS) is 13.8. The number of hydrogen-bond acceptors (Lipinski definition) is 3. The van der Waals surface area contributed by atoms with Gasteiger partial charge in [0.15, 0.2) is 0 Å². The van der Waals surface area contributed by atoms with Gasteiger partial charge in [-0.25, -0.2) is 0 Å². The van der Waals surface area contributed by atoms with Gasteiger partial charge < -0.3 is 9.64 Å². The molecule has 1 aromatic carbocycles. The third-order valence-electron chi connectivity index (χ3n) is 5.74. The molecule has 152 valence electrons. The first-order chi connectivity index (χ1) is 13.3. The maximum Gasteiger partial charge on any atom is 0.227 e. The van der Waals surface area contributed by atoms with Crippen LogP contribution in [0.1, 0.15) is 54.8 Å². The molecule has 1 aliphatic heterocycles. The molecule has 5 nitrogen and oxygen atoms in total. The van der Waals surface area contributed by atoms with Gasteiger partial charge in [0.2, 0.25) is 5.91 Å². The number of hydrogen-bond donors (Lipinski definition) is 0. The SMILES string of the molecule is COc1ccc(C)c2c1N(C(=O)CCc1c(C)nn(CC(C)C)c1C)CCC2. The first-order valence-corrected chi connectivity index (χ1v) is 10.3. The summed E-state index contributed by atoms with van der Waals surface area (Å²) in [6, 6.07) is 4.06. The topological polar surface area (TPSA) is 47.4 Å². The number of fused-ring (bicyclic) bond motifs is 1. The third-order valence-corrected chi connectivity index (χ3v) is 5.74. The van der Waals surface area contributed by atoms with E-state index in [0.717, 1.165) is 49.5 Å². The fourth-order valence-corrected chi connectivity index (χ4v) is 4.25. The third kappa shape index (κ3) is 3.94. The summed E-state index contributed by atoms with van der Waals surface area (Å²) in [6.07, 6.45) is 3.22. The molecule has 0 bridgehead atoms. The Balaban J connectivity index is 1.79. The Hall–Kier alpha value is -2.30. The van der Waals surface area contributed by atoms with Gasteiger partial charge in [-0.05, 0) is 68.7 Å². The number of carbonyl (C=O) groups is 1. The Morgan fingerprint density at radius 3 is 2.68 bits per heavy atom. The minimum absolute atomic E-state index is 0.167. The number of anilines is 1. The number of rotatable bonds is 6. The smallest absolute Gasteiger partial charge is 0.227 e. The van der Waals surface area contributed by atoms with E-state index in [1.807, 2.05) is 17.9 Å². The van der Waals surface area contributed by atoms with Crippen LogP contribution in [0.15, 0.2) is 12.1 Å². The van der Waals surface area contributed by atoms with Crippen LogP contribution in [0.25, 0.3) is 0 Å². The minimum Gasteiger partial charge on any atom is -0.495 e. The van der Waals surface area contributed by atoms with Gasteiger partial charge in [0, 0.05) is 25.2 Å². The van der Waals surface area contributed by atoms with Crippen LogP contribution >= 0.6 is 0 Å². The molecule has 1 amide bonds. The number of amides is 1. The van der Waals surface area contributed by atoms with E-state index in [1.54, 1.807) is 7.11 Å². The first kappa shape index (κ1) is 20.4. The van der Waals surface area contributed by atoms with E-state index in [2.05, 4.69) is 43.5 Å². The van der Waals surface area contributed by atoms with Gasteiger partial charge in [0.25, 0.3) is 0 Å². The zero-order valence-electron chi connectivity index (χ0n) is 18.1. The molecule has 28 heavy (non-hydrogen) atoms. The van der Waals surface area contributed by atoms with Crippen LogP contribution in [0, 0.1) is 26.7 Å². The second-order valence-electron chi connectivity index (χ2n) is 8.29. The standard InChI is InChI=1S/C23H33N3O2/c1-15(2)14-26-18(5)20(17(4)24-26)10-12-22(27)25-13-7-8-19-16(3)9-11-21(28-6)23(19)25/h9,11,15H,7-8,10,12-14H2,1-6H3. The number of carbonyl (C=O) groups excluding carboxylic acids is 1. The number of aryl methyl sites for hydroxylation is 2. The fraction of sp³-hybridized carbons (Fsp3) is 0.565. The van der Waals surface area contributed by atoms with E-state index < -0.39 is 0 Å². The molecule has 0 radical (unpaired) electrons. The summed E-state index contributed by atoms with van der Waals surface area (Å²) in [5.41, 5.74) is 6.89. The molecular weight excluding hydrogens is 350 g/mol. The van der Waals surface area contributed by atoms with Crippen LogP contribution in [0.2, 0.25) is 0 Å². The molecule has 0 saturated carbocycles. The predicted molar refractivity (Wildman–Crippen MR) is 113 cm³/mol. The van der Waals surface area contributed by atoms with E-state index >= 15 is 0 Å². The van der Waals surface area contributed by atoms with Crippen molar-refractivity contribution in [2.24, 2.45) is 5.92 Å². The van der Waals surface area contributed by atoms with Crippen molar-refractivity contribution in [1.29, 1.82) is 0 Å². The summed E-state index contributed by atoms with van der Waals surface area (Å²) in [5.74, 6) is 1.51. The zero-order valence-corrected chi connectivity index (χ0v) is 18.1. The summed E-state index contributed by atoms with van der Waals surface area (Å²) in [7, 11) is 1.68. The summed E-state index contributed by atoms with van der Waals surface area (Å²) in [5, 5.41) is 4.69. The largest absolute Gasteiger partial charge is 0.495 e. The van der Waals surface area contributed by atoms with Gasteiger partial charge in [-0.1, -0.05) is 19.9 Å². The number of ether oxygens (including phenoxy) is 1. The number of benzene rings is 1. The molecule has 1 aromatic heterocycles. The van der Waals surface area contributed by atoms with Crippen LogP contribution in [-0.4, -0.2) is 29.3 Å². The molecule has 0 aliphatic carbocycles. The molecule has 0 atom stereocenters. The Kier molecular flexibility index (Phi) is 6.11. The van der Waals surface area contributed by atoms with Gasteiger partial charge >= 0.3 is 0 Å². The van der Waals surface area contributed by atoms with Gasteiger partial charge in [-0.15, -0.1) is 0 Å². The second kappa shape index (κ2) is 8.38. The molecule has 0 N–H and O–H groups in total. The van der Waals surface area contributed by atoms with Crippen LogP contribution in [0.4, 0.5) is 5.69 Å². The molecule has 0 fully saturated rings. The average Bonchev–Trinajstić information content (AvgIpc) is 2.92. The highest BCUT2D eigenvalue weighted by atomic mass is 16.5. The van der Waals surface area contributed by atoms with Gasteiger partial charge in [0.05, 0.1) is 18.5 Å². The molecule has 1 aliphatic rings. The Morgan fingerprint density at radius 2 is 2.00 bits per heavy atom. The average molecular weight is 384 g/mol. The Bertz CT molecular complexity index is 867. The lowest BCUT2D eigenvalue weighted by atomic mass is 9.95. The Labute approximate surface area is 168 Å². The highest BCUT2D eigenvalue weighted by molar-refractivity contribution is 5.96. The first-order valence-electron chi connectivity index (χ1n) is 10.3. The Morgan fingerprint density at radius 1 is 1.25 bits per heavy atom. The second-order valence-corrected chi connectivity index (χ2v) is 8.29. The molecular formula is C23H33N3O2. The molecule has 2 aromatic rings. The quantitative estimate of drug-likeness (QED) is 0.743. The van der Waals surface area contributed by atoms with Crippen LogP contribution < -0.4 is 9.64 Å². The van der Waals surface area contributed by atoms with Crippen molar-refractivity contribution in [1.82, 2.24) is 9.78 Å². The van der Waals surface area contributed by atoms with Crippen LogP contribution in [0.3, 0.4) is 0 Å². The maximum absolute atomic E-state index is 13.2. The van der Waals surface area contributed by atoms with E-state index in [9.17, 15) is 4.79 Å². The molecule has 0 unspecified atom stereocenters. The monoisotopic (exact) mass is 383 g/mol. The lowest BCUT2D eigenvalue weighted by molar-refractivity contribution is -0.118. The van der Waals surface area contributed by atoms with Crippen molar-refractivity contribution in [3.05, 3.63) is 40.2 Å². The number of nitrogens with zero attached hydrogens (tertiary/aromatic N) is 3. The fourth-order valence-electron chi connectivity index (χ4n) is 4.25. The van der Waals surface area contributed by atoms with Crippen LogP contribution in [-0.2, 0) is 24.2 Å². The summed E-state index contributed by atoms with van der Waals surface area (Å²) < 4.78 is 7.67. The van der Waals surface area contributed by atoms with Gasteiger partial charge in [-0.3, -0.25) is 9.48 Å². The molecule has 2 heterocycles. The minimum atomic E-state index is 0.167.